The van der Waals surface area contributed by atoms with Gasteiger partial charge in [0.05, 0.1) is 0 Å². The Kier molecular flexibility index (Phi) is 5.80. The molecule has 0 aromatic carbocycles. The van der Waals surface area contributed by atoms with Gasteiger partial charge in [0.2, 0.25) is 0 Å². The van der Waals surface area contributed by atoms with E-state index in [1.807, 2.05) is 7.05 Å². The first-order valence-corrected chi connectivity index (χ1v) is 7.33. The minimum absolute atomic E-state index is 0.0874. The zero-order valence-corrected chi connectivity index (χ0v) is 13.4. The number of hydrogen-bond donors (Lipinski definition) is 1. The lowest BCUT2D eigenvalue weighted by atomic mass is 9.90. The molecule has 3 heteroatoms. The second-order valence-corrected chi connectivity index (χ2v) is 6.08. The van der Waals surface area contributed by atoms with Crippen LogP contribution in [0.15, 0.2) is 12.1 Å². The molecule has 0 fully saturated rings. The molecule has 1 aromatic heterocycles. The summed E-state index contributed by atoms with van der Waals surface area (Å²) in [5.41, 5.74) is 2.57. The van der Waals surface area contributed by atoms with Crippen LogP contribution in [-0.2, 0) is 12.0 Å². The van der Waals surface area contributed by atoms with E-state index < -0.39 is 0 Å². The SMILES string of the molecule is CCCN(CC)c1cc(CNC)cc(C(C)(C)C)n1. The third-order valence-corrected chi connectivity index (χ3v) is 3.22. The lowest BCUT2D eigenvalue weighted by molar-refractivity contribution is 0.565. The van der Waals surface area contributed by atoms with Gasteiger partial charge < -0.3 is 10.2 Å². The van der Waals surface area contributed by atoms with E-state index in [0.29, 0.717) is 0 Å². The average Bonchev–Trinajstić information content (AvgIpc) is 2.35. The Balaban J connectivity index is 3.18. The maximum Gasteiger partial charge on any atom is 0.129 e. The highest BCUT2D eigenvalue weighted by Crippen LogP contribution is 2.25. The lowest BCUT2D eigenvalue weighted by Gasteiger charge is -2.26. The minimum atomic E-state index is 0.0874. The van der Waals surface area contributed by atoms with Crippen molar-refractivity contribution in [1.29, 1.82) is 0 Å². The fraction of sp³-hybridized carbons (Fsp3) is 0.688. The molecule has 1 N–H and O–H groups in total. The molecular weight excluding hydrogens is 234 g/mol. The predicted molar refractivity (Wildman–Crippen MR) is 83.9 cm³/mol. The van der Waals surface area contributed by atoms with Crippen molar-refractivity contribution in [3.63, 3.8) is 0 Å². The molecule has 0 aliphatic rings. The maximum atomic E-state index is 4.87. The zero-order chi connectivity index (χ0) is 14.5. The molecular formula is C16H29N3. The van der Waals surface area contributed by atoms with Crippen LogP contribution >= 0.6 is 0 Å². The first-order chi connectivity index (χ1) is 8.92. The van der Waals surface area contributed by atoms with Gasteiger partial charge in [-0.3, -0.25) is 0 Å². The highest BCUT2D eigenvalue weighted by Gasteiger charge is 2.18. The number of pyridine rings is 1. The molecule has 1 rings (SSSR count). The number of anilines is 1. The van der Waals surface area contributed by atoms with E-state index >= 15 is 0 Å². The van der Waals surface area contributed by atoms with Crippen LogP contribution in [0.25, 0.3) is 0 Å². The molecule has 108 valence electrons. The average molecular weight is 263 g/mol. The molecule has 19 heavy (non-hydrogen) atoms. The van der Waals surface area contributed by atoms with Crippen molar-refractivity contribution >= 4 is 5.82 Å². The van der Waals surface area contributed by atoms with Crippen LogP contribution in [-0.4, -0.2) is 25.1 Å². The van der Waals surface area contributed by atoms with Gasteiger partial charge in [-0.2, -0.15) is 0 Å². The second kappa shape index (κ2) is 6.90. The summed E-state index contributed by atoms with van der Waals surface area (Å²) in [5, 5.41) is 3.23. The Morgan fingerprint density at radius 1 is 1.21 bits per heavy atom. The molecule has 0 amide bonds. The van der Waals surface area contributed by atoms with Crippen molar-refractivity contribution < 1.29 is 0 Å². The van der Waals surface area contributed by atoms with E-state index in [-0.39, 0.29) is 5.41 Å². The molecule has 0 spiro atoms. The standard InChI is InChI=1S/C16H29N3/c1-7-9-19(8-2)15-11-13(12-17-6)10-14(18-15)16(3,4)5/h10-11,17H,7-9,12H2,1-6H3. The number of nitrogens with one attached hydrogen (secondary N) is 1. The molecule has 0 aliphatic heterocycles. The fourth-order valence-corrected chi connectivity index (χ4v) is 2.13. The Morgan fingerprint density at radius 2 is 1.89 bits per heavy atom. The van der Waals surface area contributed by atoms with Crippen LogP contribution in [0, 0.1) is 0 Å². The van der Waals surface area contributed by atoms with Crippen molar-refractivity contribution in [1.82, 2.24) is 10.3 Å². The van der Waals surface area contributed by atoms with Gasteiger partial charge in [-0.15, -0.1) is 0 Å². The van der Waals surface area contributed by atoms with E-state index in [9.17, 15) is 0 Å². The third-order valence-electron chi connectivity index (χ3n) is 3.22. The molecule has 0 saturated heterocycles. The van der Waals surface area contributed by atoms with Crippen molar-refractivity contribution in [3.8, 4) is 0 Å². The molecule has 0 radical (unpaired) electrons. The molecule has 0 bridgehead atoms. The summed E-state index contributed by atoms with van der Waals surface area (Å²) in [5.74, 6) is 1.11. The summed E-state index contributed by atoms with van der Waals surface area (Å²) in [4.78, 5) is 7.23. The van der Waals surface area contributed by atoms with Crippen LogP contribution in [0.4, 0.5) is 5.82 Å². The smallest absolute Gasteiger partial charge is 0.129 e. The second-order valence-electron chi connectivity index (χ2n) is 6.08. The fourth-order valence-electron chi connectivity index (χ4n) is 2.13. The van der Waals surface area contributed by atoms with E-state index in [1.54, 1.807) is 0 Å². The van der Waals surface area contributed by atoms with Crippen molar-refractivity contribution in [2.24, 2.45) is 0 Å². The normalized spacial score (nSPS) is 11.7. The number of rotatable bonds is 6. The maximum absolute atomic E-state index is 4.87. The number of hydrogen-bond acceptors (Lipinski definition) is 3. The number of aromatic nitrogens is 1. The molecule has 0 atom stereocenters. The summed E-state index contributed by atoms with van der Waals surface area (Å²) in [7, 11) is 1.99. The van der Waals surface area contributed by atoms with E-state index in [4.69, 9.17) is 4.98 Å². The van der Waals surface area contributed by atoms with Gasteiger partial charge in [0.1, 0.15) is 5.82 Å². The van der Waals surface area contributed by atoms with Crippen molar-refractivity contribution in [3.05, 3.63) is 23.4 Å². The molecule has 0 aliphatic carbocycles. The summed E-state index contributed by atoms with van der Waals surface area (Å²) in [6.45, 7) is 14.0. The first kappa shape index (κ1) is 16.0. The summed E-state index contributed by atoms with van der Waals surface area (Å²) in [6, 6.07) is 4.44. The zero-order valence-electron chi connectivity index (χ0n) is 13.4. The van der Waals surface area contributed by atoms with Crippen LogP contribution in [0.2, 0.25) is 0 Å². The molecule has 3 nitrogen and oxygen atoms in total. The quantitative estimate of drug-likeness (QED) is 0.853. The minimum Gasteiger partial charge on any atom is -0.357 e. The van der Waals surface area contributed by atoms with Crippen LogP contribution in [0.5, 0.6) is 0 Å². The molecule has 1 aromatic rings. The van der Waals surface area contributed by atoms with Gasteiger partial charge in [-0.1, -0.05) is 27.7 Å². The lowest BCUT2D eigenvalue weighted by Crippen LogP contribution is -2.26. The van der Waals surface area contributed by atoms with Crippen molar-refractivity contribution in [2.75, 3.05) is 25.0 Å². The Labute approximate surface area is 118 Å². The van der Waals surface area contributed by atoms with E-state index in [1.165, 1.54) is 11.3 Å². The van der Waals surface area contributed by atoms with E-state index in [2.05, 4.69) is 57.0 Å². The Bertz CT molecular complexity index is 393. The molecule has 0 unspecified atom stereocenters. The van der Waals surface area contributed by atoms with Crippen LogP contribution in [0.1, 0.15) is 52.3 Å². The Morgan fingerprint density at radius 3 is 2.37 bits per heavy atom. The van der Waals surface area contributed by atoms with Gasteiger partial charge in [0, 0.05) is 30.7 Å². The first-order valence-electron chi connectivity index (χ1n) is 7.33. The van der Waals surface area contributed by atoms with Crippen LogP contribution in [0.3, 0.4) is 0 Å². The number of nitrogens with zero attached hydrogens (tertiary/aromatic N) is 2. The predicted octanol–water partition coefficient (Wildman–Crippen LogP) is 3.33. The molecule has 1 heterocycles. The third kappa shape index (κ3) is 4.50. The Hall–Kier alpha value is -1.09. The van der Waals surface area contributed by atoms with Gasteiger partial charge >= 0.3 is 0 Å². The summed E-state index contributed by atoms with van der Waals surface area (Å²) < 4.78 is 0. The highest BCUT2D eigenvalue weighted by molar-refractivity contribution is 5.43. The largest absolute Gasteiger partial charge is 0.357 e. The van der Waals surface area contributed by atoms with Gasteiger partial charge in [-0.05, 0) is 38.1 Å². The monoisotopic (exact) mass is 263 g/mol. The van der Waals surface area contributed by atoms with Gasteiger partial charge in [-0.25, -0.2) is 4.98 Å². The highest BCUT2D eigenvalue weighted by atomic mass is 15.2. The summed E-state index contributed by atoms with van der Waals surface area (Å²) >= 11 is 0. The summed E-state index contributed by atoms with van der Waals surface area (Å²) in [6.07, 6.45) is 1.15. The van der Waals surface area contributed by atoms with Gasteiger partial charge in [0.15, 0.2) is 0 Å². The van der Waals surface area contributed by atoms with Crippen molar-refractivity contribution in [2.45, 2.75) is 53.0 Å². The van der Waals surface area contributed by atoms with Gasteiger partial charge in [0.25, 0.3) is 0 Å². The topological polar surface area (TPSA) is 28.2 Å². The molecule has 0 saturated carbocycles. The van der Waals surface area contributed by atoms with Crippen LogP contribution < -0.4 is 10.2 Å². The van der Waals surface area contributed by atoms with E-state index in [0.717, 1.165) is 31.9 Å².